The van der Waals surface area contributed by atoms with Crippen molar-refractivity contribution in [1.82, 2.24) is 0 Å². The molecule has 0 bridgehead atoms. The van der Waals surface area contributed by atoms with Crippen molar-refractivity contribution in [3.05, 3.63) is 0 Å². The summed E-state index contributed by atoms with van der Waals surface area (Å²) in [6.07, 6.45) is -3.04. The van der Waals surface area contributed by atoms with Gasteiger partial charge in [0.1, 0.15) is 6.61 Å². The standard InChI is InChI=1S/C4H6F2O2/c5-4(6)3-7-1-2-8-4/h1-3H2. The molecule has 0 amide bonds. The molecule has 2 nitrogen and oxygen atoms in total. The fourth-order valence-corrected chi connectivity index (χ4v) is 0.483. The highest BCUT2D eigenvalue weighted by atomic mass is 19.3. The first-order chi connectivity index (χ1) is 3.71. The van der Waals surface area contributed by atoms with Gasteiger partial charge in [0.05, 0.1) is 13.2 Å². The molecule has 1 aliphatic heterocycles. The maximum atomic E-state index is 11.9. The maximum Gasteiger partial charge on any atom is 0.379 e. The SMILES string of the molecule is FC1(F)COCCO1. The normalized spacial score (nSPS) is 27.8. The van der Waals surface area contributed by atoms with E-state index >= 15 is 0 Å². The lowest BCUT2D eigenvalue weighted by Crippen LogP contribution is -2.34. The van der Waals surface area contributed by atoms with E-state index in [0.717, 1.165) is 0 Å². The van der Waals surface area contributed by atoms with Gasteiger partial charge in [-0.1, -0.05) is 0 Å². The van der Waals surface area contributed by atoms with Crippen LogP contribution in [0, 0.1) is 0 Å². The summed E-state index contributed by atoms with van der Waals surface area (Å²) in [6, 6.07) is 0. The first kappa shape index (κ1) is 5.91. The summed E-state index contributed by atoms with van der Waals surface area (Å²) < 4.78 is 32.1. The maximum absolute atomic E-state index is 11.9. The Morgan fingerprint density at radius 3 is 2.25 bits per heavy atom. The molecule has 4 heteroatoms. The first-order valence-electron chi connectivity index (χ1n) is 2.30. The molecule has 0 aliphatic carbocycles. The van der Waals surface area contributed by atoms with Crippen molar-refractivity contribution in [3.8, 4) is 0 Å². The molecule has 0 unspecified atom stereocenters. The zero-order valence-electron chi connectivity index (χ0n) is 4.19. The smallest absolute Gasteiger partial charge is 0.370 e. The molecule has 0 aromatic rings. The Balaban J connectivity index is 2.33. The lowest BCUT2D eigenvalue weighted by molar-refractivity contribution is -0.297. The van der Waals surface area contributed by atoms with Gasteiger partial charge in [-0.15, -0.1) is 0 Å². The van der Waals surface area contributed by atoms with Crippen molar-refractivity contribution in [3.63, 3.8) is 0 Å². The Morgan fingerprint density at radius 2 is 2.00 bits per heavy atom. The average molecular weight is 124 g/mol. The highest BCUT2D eigenvalue weighted by Gasteiger charge is 2.32. The molecule has 1 heterocycles. The topological polar surface area (TPSA) is 18.5 Å². The zero-order chi connectivity index (χ0) is 6.04. The molecule has 0 N–H and O–H groups in total. The number of halogens is 2. The van der Waals surface area contributed by atoms with Crippen molar-refractivity contribution in [2.45, 2.75) is 6.11 Å². The number of hydrogen-bond acceptors (Lipinski definition) is 2. The van der Waals surface area contributed by atoms with Crippen LogP contribution in [0.5, 0.6) is 0 Å². The average Bonchev–Trinajstić information content (AvgIpc) is 1.65. The Kier molecular flexibility index (Phi) is 1.44. The number of ether oxygens (including phenoxy) is 2. The van der Waals surface area contributed by atoms with Gasteiger partial charge in [-0.3, -0.25) is 0 Å². The van der Waals surface area contributed by atoms with E-state index in [9.17, 15) is 8.78 Å². The summed E-state index contributed by atoms with van der Waals surface area (Å²) in [4.78, 5) is 0. The van der Waals surface area contributed by atoms with Crippen LogP contribution >= 0.6 is 0 Å². The molecule has 0 atom stereocenters. The van der Waals surface area contributed by atoms with Crippen molar-refractivity contribution >= 4 is 0 Å². The fourth-order valence-electron chi connectivity index (χ4n) is 0.483. The molecule has 0 aromatic carbocycles. The number of rotatable bonds is 0. The van der Waals surface area contributed by atoms with E-state index in [0.29, 0.717) is 0 Å². The minimum absolute atomic E-state index is 0.00694. The van der Waals surface area contributed by atoms with Crippen molar-refractivity contribution in [1.29, 1.82) is 0 Å². The van der Waals surface area contributed by atoms with E-state index in [1.165, 1.54) is 0 Å². The molecule has 0 saturated carbocycles. The second-order valence-electron chi connectivity index (χ2n) is 1.54. The Hall–Kier alpha value is -0.220. The van der Waals surface area contributed by atoms with E-state index in [2.05, 4.69) is 9.47 Å². The van der Waals surface area contributed by atoms with Crippen molar-refractivity contribution in [2.24, 2.45) is 0 Å². The highest BCUT2D eigenvalue weighted by Crippen LogP contribution is 2.17. The summed E-state index contributed by atoms with van der Waals surface area (Å²) in [6.45, 7) is -0.338. The monoisotopic (exact) mass is 124 g/mol. The first-order valence-corrected chi connectivity index (χ1v) is 2.30. The van der Waals surface area contributed by atoms with Gasteiger partial charge in [-0.25, -0.2) is 0 Å². The van der Waals surface area contributed by atoms with Gasteiger partial charge in [-0.05, 0) is 0 Å². The molecule has 48 valence electrons. The van der Waals surface area contributed by atoms with Gasteiger partial charge >= 0.3 is 6.11 Å². The van der Waals surface area contributed by atoms with Crippen LogP contribution in [0.2, 0.25) is 0 Å². The van der Waals surface area contributed by atoms with Gasteiger partial charge in [0.2, 0.25) is 0 Å². The van der Waals surface area contributed by atoms with Crippen LogP contribution < -0.4 is 0 Å². The third-order valence-corrected chi connectivity index (χ3v) is 0.811. The summed E-state index contributed by atoms with van der Waals surface area (Å²) >= 11 is 0. The third-order valence-electron chi connectivity index (χ3n) is 0.811. The molecule has 1 fully saturated rings. The molecule has 0 spiro atoms. The van der Waals surface area contributed by atoms with Crippen LogP contribution in [0.25, 0.3) is 0 Å². The minimum Gasteiger partial charge on any atom is -0.370 e. The fraction of sp³-hybridized carbons (Fsp3) is 1.00. The molecule has 1 rings (SSSR count). The van der Waals surface area contributed by atoms with Crippen LogP contribution in [0.3, 0.4) is 0 Å². The molecule has 1 saturated heterocycles. The lowest BCUT2D eigenvalue weighted by atomic mass is 10.6. The van der Waals surface area contributed by atoms with E-state index in [1.807, 2.05) is 0 Å². The van der Waals surface area contributed by atoms with E-state index in [-0.39, 0.29) is 13.2 Å². The second-order valence-corrected chi connectivity index (χ2v) is 1.54. The molecular formula is C4H6F2O2. The third kappa shape index (κ3) is 1.38. The van der Waals surface area contributed by atoms with Crippen molar-refractivity contribution in [2.75, 3.05) is 19.8 Å². The highest BCUT2D eigenvalue weighted by molar-refractivity contribution is 4.54. The van der Waals surface area contributed by atoms with Crippen LogP contribution in [0.15, 0.2) is 0 Å². The molecule has 0 radical (unpaired) electrons. The predicted octanol–water partition coefficient (Wildman–Crippen LogP) is 0.626. The minimum atomic E-state index is -3.04. The van der Waals surface area contributed by atoms with E-state index in [1.54, 1.807) is 0 Å². The summed E-state index contributed by atoms with van der Waals surface area (Å²) in [5.41, 5.74) is 0. The quantitative estimate of drug-likeness (QED) is 0.471. The molecule has 1 aliphatic rings. The molecule has 8 heavy (non-hydrogen) atoms. The van der Waals surface area contributed by atoms with Gasteiger partial charge in [0.25, 0.3) is 0 Å². The Labute approximate surface area is 45.4 Å². The van der Waals surface area contributed by atoms with Crippen LogP contribution in [-0.4, -0.2) is 25.9 Å². The molecule has 0 aromatic heterocycles. The largest absolute Gasteiger partial charge is 0.379 e. The van der Waals surface area contributed by atoms with E-state index < -0.39 is 12.7 Å². The van der Waals surface area contributed by atoms with Gasteiger partial charge in [0.15, 0.2) is 0 Å². The van der Waals surface area contributed by atoms with Crippen molar-refractivity contribution < 1.29 is 18.3 Å². The van der Waals surface area contributed by atoms with Crippen LogP contribution in [0.1, 0.15) is 0 Å². The molecular weight excluding hydrogens is 118 g/mol. The van der Waals surface area contributed by atoms with Gasteiger partial charge in [-0.2, -0.15) is 8.78 Å². The number of alkyl halides is 2. The summed E-state index contributed by atoms with van der Waals surface area (Å²) in [5, 5.41) is 0. The van der Waals surface area contributed by atoms with Gasteiger partial charge < -0.3 is 9.47 Å². The Morgan fingerprint density at radius 1 is 1.25 bits per heavy atom. The summed E-state index contributed by atoms with van der Waals surface area (Å²) in [7, 11) is 0. The zero-order valence-corrected chi connectivity index (χ0v) is 4.19. The lowest BCUT2D eigenvalue weighted by Gasteiger charge is -2.21. The number of hydrogen-bond donors (Lipinski definition) is 0. The predicted molar refractivity (Wildman–Crippen MR) is 21.7 cm³/mol. The summed E-state index contributed by atoms with van der Waals surface area (Å²) in [5.74, 6) is 0. The van der Waals surface area contributed by atoms with Crippen LogP contribution in [0.4, 0.5) is 8.78 Å². The van der Waals surface area contributed by atoms with Gasteiger partial charge in [0, 0.05) is 0 Å². The van der Waals surface area contributed by atoms with Crippen LogP contribution in [-0.2, 0) is 9.47 Å². The second kappa shape index (κ2) is 1.95. The Bertz CT molecular complexity index is 76.1. The van der Waals surface area contributed by atoms with E-state index in [4.69, 9.17) is 0 Å².